The number of carbonyl (C=O) groups excluding carboxylic acids is 2. The van der Waals surface area contributed by atoms with E-state index in [1.165, 1.54) is 4.90 Å². The van der Waals surface area contributed by atoms with Gasteiger partial charge in [0.15, 0.2) is 11.5 Å². The number of aromatic nitrogens is 1. The lowest BCUT2D eigenvalue weighted by Gasteiger charge is -2.31. The zero-order valence-electron chi connectivity index (χ0n) is 17.4. The van der Waals surface area contributed by atoms with Gasteiger partial charge in [-0.2, -0.15) is 0 Å². The number of carbonyl (C=O) groups is 2. The highest BCUT2D eigenvalue weighted by molar-refractivity contribution is 6.15. The summed E-state index contributed by atoms with van der Waals surface area (Å²) in [6.07, 6.45) is 1.61. The van der Waals surface area contributed by atoms with Crippen molar-refractivity contribution in [1.82, 2.24) is 14.8 Å². The van der Waals surface area contributed by atoms with E-state index in [1.54, 1.807) is 36.5 Å². The van der Waals surface area contributed by atoms with E-state index < -0.39 is 23.5 Å². The Bertz CT molecular complexity index is 1150. The lowest BCUT2D eigenvalue weighted by molar-refractivity contribution is -0.129. The molecule has 1 atom stereocenters. The van der Waals surface area contributed by atoms with E-state index in [-0.39, 0.29) is 11.3 Å². The predicted octanol–water partition coefficient (Wildman–Crippen LogP) is 2.74. The molecule has 32 heavy (non-hydrogen) atoms. The van der Waals surface area contributed by atoms with Gasteiger partial charge in [-0.25, -0.2) is 0 Å². The number of hydrogen-bond donors (Lipinski definition) is 1. The molecule has 2 aliphatic heterocycles. The standard InChI is InChI=1S/C24H23N3O5/c28-22(19-15-16-5-1-2-7-18(16)32-19)20-21(17-6-3-4-8-25-17)27(24(30)23(20)29)10-9-26-11-13-31-14-12-26/h1-8,15,21,29H,9-14H2/t21-/m1/s1. The normalized spacial score (nSPS) is 19.8. The van der Waals surface area contributed by atoms with Crippen LogP contribution in [0.15, 0.2) is 70.5 Å². The molecule has 2 aromatic heterocycles. The van der Waals surface area contributed by atoms with Crippen LogP contribution in [0.4, 0.5) is 0 Å². The van der Waals surface area contributed by atoms with Gasteiger partial charge in [-0.15, -0.1) is 0 Å². The van der Waals surface area contributed by atoms with Crippen LogP contribution in [0.5, 0.6) is 0 Å². The van der Waals surface area contributed by atoms with Crippen molar-refractivity contribution in [2.75, 3.05) is 39.4 Å². The van der Waals surface area contributed by atoms with Gasteiger partial charge in [0, 0.05) is 37.8 Å². The van der Waals surface area contributed by atoms with Gasteiger partial charge in [-0.1, -0.05) is 24.3 Å². The monoisotopic (exact) mass is 433 g/mol. The predicted molar refractivity (Wildman–Crippen MR) is 116 cm³/mol. The Labute approximate surface area is 184 Å². The fourth-order valence-corrected chi connectivity index (χ4v) is 4.26. The summed E-state index contributed by atoms with van der Waals surface area (Å²) in [6, 6.07) is 13.4. The quantitative estimate of drug-likeness (QED) is 0.597. The van der Waals surface area contributed by atoms with Crippen LogP contribution in [-0.4, -0.2) is 71.0 Å². The number of aliphatic hydroxyl groups is 1. The van der Waals surface area contributed by atoms with Crippen LogP contribution in [0.2, 0.25) is 0 Å². The topological polar surface area (TPSA) is 96.1 Å². The summed E-state index contributed by atoms with van der Waals surface area (Å²) < 4.78 is 11.1. The molecule has 4 heterocycles. The van der Waals surface area contributed by atoms with Crippen molar-refractivity contribution in [3.8, 4) is 0 Å². The first kappa shape index (κ1) is 20.4. The van der Waals surface area contributed by atoms with Crippen LogP contribution in [0, 0.1) is 0 Å². The molecule has 1 aromatic carbocycles. The zero-order valence-corrected chi connectivity index (χ0v) is 17.4. The highest BCUT2D eigenvalue weighted by Crippen LogP contribution is 2.38. The Morgan fingerprint density at radius 3 is 2.62 bits per heavy atom. The molecule has 1 N–H and O–H groups in total. The number of rotatable bonds is 6. The average molecular weight is 433 g/mol. The molecule has 0 aliphatic carbocycles. The summed E-state index contributed by atoms with van der Waals surface area (Å²) in [6.45, 7) is 3.81. The molecular formula is C24H23N3O5. The second-order valence-electron chi connectivity index (χ2n) is 7.85. The SMILES string of the molecule is O=C(C1=C(O)C(=O)N(CCN2CCOCC2)[C@@H]1c1ccccn1)c1cc2ccccc2o1. The number of furan rings is 1. The minimum absolute atomic E-state index is 0.00488. The summed E-state index contributed by atoms with van der Waals surface area (Å²) in [5, 5.41) is 11.5. The lowest BCUT2D eigenvalue weighted by atomic mass is 9.98. The van der Waals surface area contributed by atoms with E-state index in [0.29, 0.717) is 37.6 Å². The third-order valence-corrected chi connectivity index (χ3v) is 5.93. The average Bonchev–Trinajstić information content (AvgIpc) is 3.38. The molecular weight excluding hydrogens is 410 g/mol. The summed E-state index contributed by atoms with van der Waals surface area (Å²) in [7, 11) is 0. The van der Waals surface area contributed by atoms with Crippen molar-refractivity contribution < 1.29 is 23.8 Å². The molecule has 164 valence electrons. The first-order valence-corrected chi connectivity index (χ1v) is 10.6. The van der Waals surface area contributed by atoms with Crippen molar-refractivity contribution in [2.24, 2.45) is 0 Å². The van der Waals surface area contributed by atoms with Crippen LogP contribution in [-0.2, 0) is 9.53 Å². The van der Waals surface area contributed by atoms with Crippen LogP contribution < -0.4 is 0 Å². The van der Waals surface area contributed by atoms with Crippen molar-refractivity contribution in [3.05, 3.63) is 77.5 Å². The van der Waals surface area contributed by atoms with Gasteiger partial charge in [0.1, 0.15) is 11.6 Å². The Morgan fingerprint density at radius 1 is 1.09 bits per heavy atom. The molecule has 0 spiro atoms. The molecule has 1 amide bonds. The Balaban J connectivity index is 1.49. The number of morpholine rings is 1. The number of Topliss-reactive ketones (excluding diaryl/α,β-unsaturated/α-hetero) is 1. The van der Waals surface area contributed by atoms with Gasteiger partial charge in [0.2, 0.25) is 5.78 Å². The molecule has 1 saturated heterocycles. The first-order valence-electron chi connectivity index (χ1n) is 10.6. The molecule has 1 fully saturated rings. The molecule has 0 saturated carbocycles. The number of pyridine rings is 1. The number of fused-ring (bicyclic) bond motifs is 1. The summed E-state index contributed by atoms with van der Waals surface area (Å²) in [5.41, 5.74) is 1.08. The first-order chi connectivity index (χ1) is 15.6. The minimum Gasteiger partial charge on any atom is -0.503 e. The fraction of sp³-hybridized carbons (Fsp3) is 0.292. The molecule has 0 unspecified atom stereocenters. The number of hydrogen-bond acceptors (Lipinski definition) is 7. The molecule has 8 heteroatoms. The van der Waals surface area contributed by atoms with Crippen molar-refractivity contribution in [3.63, 3.8) is 0 Å². The summed E-state index contributed by atoms with van der Waals surface area (Å²) >= 11 is 0. The molecule has 0 bridgehead atoms. The minimum atomic E-state index is -0.787. The second kappa shape index (κ2) is 8.57. The number of benzene rings is 1. The van der Waals surface area contributed by atoms with E-state index in [9.17, 15) is 14.7 Å². The van der Waals surface area contributed by atoms with E-state index in [4.69, 9.17) is 9.15 Å². The Morgan fingerprint density at radius 2 is 1.88 bits per heavy atom. The van der Waals surface area contributed by atoms with Crippen molar-refractivity contribution in [1.29, 1.82) is 0 Å². The molecule has 8 nitrogen and oxygen atoms in total. The van der Waals surface area contributed by atoms with Crippen LogP contribution in [0.1, 0.15) is 22.3 Å². The maximum atomic E-state index is 13.5. The highest BCUT2D eigenvalue weighted by atomic mass is 16.5. The van der Waals surface area contributed by atoms with Gasteiger partial charge in [0.25, 0.3) is 5.91 Å². The zero-order chi connectivity index (χ0) is 22.1. The van der Waals surface area contributed by atoms with Gasteiger partial charge >= 0.3 is 0 Å². The van der Waals surface area contributed by atoms with Crippen LogP contribution in [0.3, 0.4) is 0 Å². The number of para-hydroxylation sites is 1. The maximum absolute atomic E-state index is 13.5. The van der Waals surface area contributed by atoms with Crippen LogP contribution >= 0.6 is 0 Å². The van der Waals surface area contributed by atoms with E-state index in [2.05, 4.69) is 9.88 Å². The smallest absolute Gasteiger partial charge is 0.290 e. The Kier molecular flexibility index (Phi) is 5.46. The third-order valence-electron chi connectivity index (χ3n) is 5.93. The van der Waals surface area contributed by atoms with E-state index in [0.717, 1.165) is 18.5 Å². The molecule has 2 aliphatic rings. The largest absolute Gasteiger partial charge is 0.503 e. The van der Waals surface area contributed by atoms with Gasteiger partial charge in [-0.05, 0) is 24.3 Å². The second-order valence-corrected chi connectivity index (χ2v) is 7.85. The molecule has 0 radical (unpaired) electrons. The van der Waals surface area contributed by atoms with Crippen molar-refractivity contribution >= 4 is 22.7 Å². The van der Waals surface area contributed by atoms with Gasteiger partial charge < -0.3 is 19.2 Å². The number of amides is 1. The maximum Gasteiger partial charge on any atom is 0.290 e. The number of ether oxygens (including phenoxy) is 1. The Hall–Kier alpha value is -3.49. The summed E-state index contributed by atoms with van der Waals surface area (Å²) in [5.74, 6) is -1.56. The fourth-order valence-electron chi connectivity index (χ4n) is 4.26. The van der Waals surface area contributed by atoms with Gasteiger partial charge in [0.05, 0.1) is 24.5 Å². The highest BCUT2D eigenvalue weighted by Gasteiger charge is 2.45. The molecule has 3 aromatic rings. The van der Waals surface area contributed by atoms with E-state index >= 15 is 0 Å². The van der Waals surface area contributed by atoms with Crippen molar-refractivity contribution in [2.45, 2.75) is 6.04 Å². The number of ketones is 1. The number of nitrogens with zero attached hydrogens (tertiary/aromatic N) is 3. The van der Waals surface area contributed by atoms with Crippen LogP contribution in [0.25, 0.3) is 11.0 Å². The third kappa shape index (κ3) is 3.68. The summed E-state index contributed by atoms with van der Waals surface area (Å²) in [4.78, 5) is 34.6. The van der Waals surface area contributed by atoms with Gasteiger partial charge in [-0.3, -0.25) is 19.5 Å². The molecule has 5 rings (SSSR count). The number of aliphatic hydroxyl groups excluding tert-OH is 1. The van der Waals surface area contributed by atoms with E-state index in [1.807, 2.05) is 18.2 Å². The lowest BCUT2D eigenvalue weighted by Crippen LogP contribution is -2.43.